The highest BCUT2D eigenvalue weighted by molar-refractivity contribution is 7.89. The molecular weight excluding hydrogens is 306 g/mol. The van der Waals surface area contributed by atoms with Crippen molar-refractivity contribution in [2.75, 3.05) is 5.75 Å². The summed E-state index contributed by atoms with van der Waals surface area (Å²) >= 11 is 5.12. The van der Waals surface area contributed by atoms with Gasteiger partial charge in [0.2, 0.25) is 10.0 Å². The van der Waals surface area contributed by atoms with Crippen LogP contribution in [0.3, 0.4) is 0 Å². The van der Waals surface area contributed by atoms with Crippen LogP contribution in [-0.2, 0) is 16.4 Å². The van der Waals surface area contributed by atoms with E-state index in [9.17, 15) is 8.42 Å². The van der Waals surface area contributed by atoms with Gasteiger partial charge in [-0.1, -0.05) is 31.5 Å². The molecule has 2 rings (SSSR count). The topological polar surface area (TPSA) is 85.1 Å². The Labute approximate surface area is 131 Å². The Morgan fingerprint density at radius 2 is 1.90 bits per heavy atom. The maximum Gasteiger partial charge on any atom is 0.212 e. The highest BCUT2D eigenvalue weighted by atomic mass is 32.2. The molecule has 21 heavy (non-hydrogen) atoms. The zero-order valence-corrected chi connectivity index (χ0v) is 13.5. The van der Waals surface area contributed by atoms with Gasteiger partial charge in [0.05, 0.1) is 16.3 Å². The summed E-state index contributed by atoms with van der Waals surface area (Å²) in [6, 6.07) is 3.64. The van der Waals surface area contributed by atoms with Crippen molar-refractivity contribution >= 4 is 27.2 Å². The minimum Gasteiger partial charge on any atom is -0.392 e. The molecule has 7 heteroatoms. The third kappa shape index (κ3) is 4.46. The van der Waals surface area contributed by atoms with Gasteiger partial charge in [-0.15, -0.1) is 0 Å². The molecule has 0 spiro atoms. The number of nitrogens with one attached hydrogen (secondary N) is 1. The van der Waals surface area contributed by atoms with Crippen LogP contribution in [0.25, 0.3) is 0 Å². The number of aryl methyl sites for hydroxylation is 1. The van der Waals surface area contributed by atoms with Crippen LogP contribution >= 0.6 is 12.2 Å². The zero-order chi connectivity index (χ0) is 15.3. The van der Waals surface area contributed by atoms with E-state index < -0.39 is 15.6 Å². The quantitative estimate of drug-likeness (QED) is 0.774. The van der Waals surface area contributed by atoms with Crippen molar-refractivity contribution < 1.29 is 8.42 Å². The summed E-state index contributed by atoms with van der Waals surface area (Å²) in [4.78, 5) is 4.18. The van der Waals surface area contributed by atoms with Crippen LogP contribution in [0.2, 0.25) is 0 Å². The van der Waals surface area contributed by atoms with Crippen molar-refractivity contribution in [3.8, 4) is 0 Å². The lowest BCUT2D eigenvalue weighted by molar-refractivity contribution is 0.353. The Bertz CT molecular complexity index is 581. The van der Waals surface area contributed by atoms with E-state index in [4.69, 9.17) is 18.0 Å². The summed E-state index contributed by atoms with van der Waals surface area (Å²) in [6.45, 7) is 0. The molecule has 1 aliphatic rings. The lowest BCUT2D eigenvalue weighted by Gasteiger charge is -2.36. The molecule has 0 amide bonds. The van der Waals surface area contributed by atoms with Gasteiger partial charge in [-0.3, -0.25) is 4.98 Å². The summed E-state index contributed by atoms with van der Waals surface area (Å²) in [5.74, 6) is 0.0291. The Morgan fingerprint density at radius 3 is 2.48 bits per heavy atom. The van der Waals surface area contributed by atoms with Crippen LogP contribution in [-0.4, -0.2) is 29.7 Å². The lowest BCUT2D eigenvalue weighted by Crippen LogP contribution is -2.58. The van der Waals surface area contributed by atoms with Crippen molar-refractivity contribution in [2.45, 2.75) is 44.1 Å². The van der Waals surface area contributed by atoms with E-state index in [2.05, 4.69) is 9.71 Å². The molecule has 1 aromatic rings. The minimum atomic E-state index is -3.42. The summed E-state index contributed by atoms with van der Waals surface area (Å²) in [5.41, 5.74) is 6.03. The van der Waals surface area contributed by atoms with E-state index in [1.54, 1.807) is 12.4 Å². The highest BCUT2D eigenvalue weighted by Gasteiger charge is 2.38. The Balaban J connectivity index is 2.03. The first-order valence-corrected chi connectivity index (χ1v) is 9.20. The molecule has 5 nitrogen and oxygen atoms in total. The number of hydrogen-bond acceptors (Lipinski definition) is 4. The molecule has 0 saturated heterocycles. The van der Waals surface area contributed by atoms with Gasteiger partial charge in [0.15, 0.2) is 0 Å². The molecule has 1 saturated carbocycles. The Morgan fingerprint density at radius 1 is 1.29 bits per heavy atom. The van der Waals surface area contributed by atoms with E-state index in [-0.39, 0.29) is 10.7 Å². The molecular formula is C14H21N3O2S2. The fourth-order valence-corrected chi connectivity index (χ4v) is 4.54. The number of nitrogens with two attached hydrogens (primary N) is 1. The smallest absolute Gasteiger partial charge is 0.212 e. The van der Waals surface area contributed by atoms with Crippen molar-refractivity contribution in [1.29, 1.82) is 0 Å². The van der Waals surface area contributed by atoms with Crippen molar-refractivity contribution in [3.05, 3.63) is 30.1 Å². The number of hydrogen-bond donors (Lipinski definition) is 2. The predicted molar refractivity (Wildman–Crippen MR) is 87.5 cm³/mol. The zero-order valence-electron chi connectivity index (χ0n) is 11.9. The molecule has 1 aromatic heterocycles. The number of thiocarbonyl (C=S) groups is 1. The maximum absolute atomic E-state index is 12.3. The summed E-state index contributed by atoms with van der Waals surface area (Å²) in [5, 5.41) is 0. The molecule has 116 valence electrons. The van der Waals surface area contributed by atoms with Crippen LogP contribution in [0.5, 0.6) is 0 Å². The minimum absolute atomic E-state index is 0.0291. The van der Waals surface area contributed by atoms with Gasteiger partial charge >= 0.3 is 0 Å². The molecule has 0 aromatic carbocycles. The number of rotatable bonds is 6. The van der Waals surface area contributed by atoms with Gasteiger partial charge in [0.25, 0.3) is 0 Å². The van der Waals surface area contributed by atoms with Crippen LogP contribution < -0.4 is 10.5 Å². The van der Waals surface area contributed by atoms with Crippen LogP contribution in [0.1, 0.15) is 37.7 Å². The predicted octanol–water partition coefficient (Wildman–Crippen LogP) is 1.53. The molecule has 0 unspecified atom stereocenters. The molecule has 3 N–H and O–H groups in total. The van der Waals surface area contributed by atoms with Crippen LogP contribution in [0.15, 0.2) is 24.5 Å². The summed E-state index contributed by atoms with van der Waals surface area (Å²) in [7, 11) is -3.42. The number of nitrogens with zero attached hydrogens (tertiary/aromatic N) is 1. The van der Waals surface area contributed by atoms with Gasteiger partial charge in [-0.05, 0) is 37.0 Å². The number of aromatic nitrogens is 1. The summed E-state index contributed by atoms with van der Waals surface area (Å²) in [6.07, 6.45) is 8.15. The number of sulfonamides is 1. The second kappa shape index (κ2) is 6.81. The lowest BCUT2D eigenvalue weighted by atomic mass is 9.82. The number of pyridine rings is 1. The second-order valence-corrected chi connectivity index (χ2v) is 7.82. The highest BCUT2D eigenvalue weighted by Crippen LogP contribution is 2.29. The fourth-order valence-electron chi connectivity index (χ4n) is 2.70. The maximum atomic E-state index is 12.3. The monoisotopic (exact) mass is 327 g/mol. The first kappa shape index (κ1) is 16.3. The van der Waals surface area contributed by atoms with Crippen molar-refractivity contribution in [1.82, 2.24) is 9.71 Å². The van der Waals surface area contributed by atoms with Crippen LogP contribution in [0, 0.1) is 0 Å². The fraction of sp³-hybridized carbons (Fsp3) is 0.571. The third-order valence-corrected chi connectivity index (χ3v) is 5.77. The van der Waals surface area contributed by atoms with E-state index in [1.165, 1.54) is 0 Å². The molecule has 0 aliphatic heterocycles. The first-order chi connectivity index (χ1) is 9.94. The van der Waals surface area contributed by atoms with E-state index in [0.29, 0.717) is 19.3 Å². The first-order valence-electron chi connectivity index (χ1n) is 7.14. The van der Waals surface area contributed by atoms with E-state index in [0.717, 1.165) is 24.8 Å². The largest absolute Gasteiger partial charge is 0.392 e. The average molecular weight is 327 g/mol. The Kier molecular flexibility index (Phi) is 5.29. The van der Waals surface area contributed by atoms with Crippen molar-refractivity contribution in [2.24, 2.45) is 5.73 Å². The standard InChI is InChI=1S/C14H21N3O2S2/c15-13(20)14(7-2-1-3-8-14)17-21(18,19)11-6-12-4-9-16-10-5-12/h4-5,9-10,17H,1-3,6-8,11H2,(H2,15,20). The summed E-state index contributed by atoms with van der Waals surface area (Å²) < 4.78 is 27.4. The normalized spacial score (nSPS) is 18.3. The molecule has 1 heterocycles. The van der Waals surface area contributed by atoms with Gasteiger partial charge in [-0.25, -0.2) is 13.1 Å². The molecule has 1 fully saturated rings. The third-order valence-electron chi connectivity index (χ3n) is 3.94. The van der Waals surface area contributed by atoms with Crippen molar-refractivity contribution in [3.63, 3.8) is 0 Å². The van der Waals surface area contributed by atoms with Gasteiger partial charge in [0.1, 0.15) is 0 Å². The Hall–Kier alpha value is -1.05. The molecule has 1 aliphatic carbocycles. The molecule has 0 atom stereocenters. The second-order valence-electron chi connectivity index (χ2n) is 5.53. The van der Waals surface area contributed by atoms with Crippen LogP contribution in [0.4, 0.5) is 0 Å². The van der Waals surface area contributed by atoms with E-state index in [1.807, 2.05) is 12.1 Å². The SMILES string of the molecule is NC(=S)C1(NS(=O)(=O)CCc2ccncc2)CCCCC1. The molecule has 0 radical (unpaired) electrons. The average Bonchev–Trinajstić information content (AvgIpc) is 2.47. The van der Waals surface area contributed by atoms with Gasteiger partial charge < -0.3 is 5.73 Å². The molecule has 0 bridgehead atoms. The van der Waals surface area contributed by atoms with Gasteiger partial charge in [0, 0.05) is 12.4 Å². The van der Waals surface area contributed by atoms with E-state index >= 15 is 0 Å². The van der Waals surface area contributed by atoms with Gasteiger partial charge in [-0.2, -0.15) is 0 Å².